The maximum Gasteiger partial charge on any atom is 0.0142 e. The normalized spacial score (nSPS) is 47.8. The van der Waals surface area contributed by atoms with Gasteiger partial charge in [0.2, 0.25) is 0 Å². The Hall–Kier alpha value is -0.0800. The van der Waals surface area contributed by atoms with Gasteiger partial charge < -0.3 is 10.6 Å². The molecule has 0 aliphatic heterocycles. The predicted octanol–water partition coefficient (Wildman–Crippen LogP) is 1.95. The van der Waals surface area contributed by atoms with Gasteiger partial charge in [0.05, 0.1) is 0 Å². The molecule has 88 valence electrons. The van der Waals surface area contributed by atoms with Crippen LogP contribution in [0.5, 0.6) is 0 Å². The number of nitrogens with two attached hydrogens (primary N) is 1. The Morgan fingerprint density at radius 2 is 1.87 bits per heavy atom. The van der Waals surface area contributed by atoms with Crippen LogP contribution in [0.4, 0.5) is 0 Å². The lowest BCUT2D eigenvalue weighted by molar-refractivity contribution is 0.135. The molecule has 2 N–H and O–H groups in total. The Labute approximate surface area is 94.2 Å². The molecule has 0 amide bonds. The first-order valence-electron chi connectivity index (χ1n) is 6.21. The third-order valence-electron chi connectivity index (χ3n) is 5.66. The maximum atomic E-state index is 6.50. The summed E-state index contributed by atoms with van der Waals surface area (Å²) >= 11 is 0. The first-order chi connectivity index (χ1) is 6.80. The predicted molar refractivity (Wildman–Crippen MR) is 64.6 cm³/mol. The summed E-state index contributed by atoms with van der Waals surface area (Å²) < 4.78 is 0. The van der Waals surface area contributed by atoms with E-state index in [0.29, 0.717) is 22.8 Å². The van der Waals surface area contributed by atoms with Gasteiger partial charge in [-0.3, -0.25) is 0 Å². The standard InChI is InChI=1S/C13H26N2/c1-12(2)10-6-7-13(12,3)11(14)9(10)8-15(4)5/h9-11H,6-8,14H2,1-5H3/t9-,10+,11-,13-/m0/s1. The highest BCUT2D eigenvalue weighted by Gasteiger charge is 2.64. The van der Waals surface area contributed by atoms with Gasteiger partial charge >= 0.3 is 0 Å². The zero-order valence-electron chi connectivity index (χ0n) is 10.9. The molecule has 2 bridgehead atoms. The van der Waals surface area contributed by atoms with Crippen LogP contribution in [0.25, 0.3) is 0 Å². The summed E-state index contributed by atoms with van der Waals surface area (Å²) in [6.45, 7) is 8.43. The summed E-state index contributed by atoms with van der Waals surface area (Å²) in [6, 6.07) is 0.397. The van der Waals surface area contributed by atoms with E-state index in [0.717, 1.165) is 12.5 Å². The molecule has 2 heteroatoms. The molecule has 0 aromatic rings. The average Bonchev–Trinajstić information content (AvgIpc) is 2.40. The van der Waals surface area contributed by atoms with E-state index < -0.39 is 0 Å². The van der Waals surface area contributed by atoms with Gasteiger partial charge in [-0.25, -0.2) is 0 Å². The third kappa shape index (κ3) is 1.31. The lowest BCUT2D eigenvalue weighted by Crippen LogP contribution is -2.46. The lowest BCUT2D eigenvalue weighted by atomic mass is 9.69. The largest absolute Gasteiger partial charge is 0.327 e. The fourth-order valence-corrected chi connectivity index (χ4v) is 4.29. The molecule has 2 rings (SSSR count). The minimum absolute atomic E-state index is 0.373. The Morgan fingerprint density at radius 3 is 2.27 bits per heavy atom. The molecular weight excluding hydrogens is 184 g/mol. The van der Waals surface area contributed by atoms with Gasteiger partial charge in [0.15, 0.2) is 0 Å². The van der Waals surface area contributed by atoms with E-state index in [1.165, 1.54) is 12.8 Å². The number of rotatable bonds is 2. The quantitative estimate of drug-likeness (QED) is 0.755. The topological polar surface area (TPSA) is 29.3 Å². The van der Waals surface area contributed by atoms with E-state index in [1.54, 1.807) is 0 Å². The first-order valence-corrected chi connectivity index (χ1v) is 6.21. The van der Waals surface area contributed by atoms with Crippen molar-refractivity contribution < 1.29 is 0 Å². The molecule has 0 heterocycles. The van der Waals surface area contributed by atoms with Crippen LogP contribution in [-0.2, 0) is 0 Å². The van der Waals surface area contributed by atoms with Crippen molar-refractivity contribution in [3.8, 4) is 0 Å². The van der Waals surface area contributed by atoms with Crippen molar-refractivity contribution in [1.82, 2.24) is 4.90 Å². The fourth-order valence-electron chi connectivity index (χ4n) is 4.29. The molecule has 4 atom stereocenters. The minimum Gasteiger partial charge on any atom is -0.327 e. The number of hydrogen-bond acceptors (Lipinski definition) is 2. The second-order valence-corrected chi connectivity index (χ2v) is 6.74. The van der Waals surface area contributed by atoms with Crippen molar-refractivity contribution in [2.75, 3.05) is 20.6 Å². The Bertz CT molecular complexity index is 259. The summed E-state index contributed by atoms with van der Waals surface area (Å²) in [5.41, 5.74) is 7.31. The Kier molecular flexibility index (Phi) is 2.44. The van der Waals surface area contributed by atoms with Crippen molar-refractivity contribution in [2.45, 2.75) is 39.7 Å². The van der Waals surface area contributed by atoms with E-state index in [2.05, 4.69) is 39.8 Å². The Morgan fingerprint density at radius 1 is 1.27 bits per heavy atom. The van der Waals surface area contributed by atoms with E-state index in [1.807, 2.05) is 0 Å². The fraction of sp³-hybridized carbons (Fsp3) is 1.00. The summed E-state index contributed by atoms with van der Waals surface area (Å²) in [6.07, 6.45) is 2.71. The zero-order valence-corrected chi connectivity index (χ0v) is 10.9. The molecule has 2 saturated carbocycles. The van der Waals surface area contributed by atoms with E-state index >= 15 is 0 Å². The number of fused-ring (bicyclic) bond motifs is 2. The smallest absolute Gasteiger partial charge is 0.0142 e. The molecule has 0 saturated heterocycles. The van der Waals surface area contributed by atoms with Crippen molar-refractivity contribution in [3.63, 3.8) is 0 Å². The molecule has 2 nitrogen and oxygen atoms in total. The number of nitrogens with zero attached hydrogens (tertiary/aromatic N) is 1. The maximum absolute atomic E-state index is 6.50. The first kappa shape index (κ1) is 11.4. The highest BCUT2D eigenvalue weighted by Crippen LogP contribution is 2.66. The summed E-state index contributed by atoms with van der Waals surface area (Å²) in [5.74, 6) is 1.54. The van der Waals surface area contributed by atoms with Gasteiger partial charge in [-0.1, -0.05) is 20.8 Å². The molecule has 2 fully saturated rings. The molecular formula is C13H26N2. The second kappa shape index (κ2) is 3.21. The van der Waals surface area contributed by atoms with Crippen LogP contribution >= 0.6 is 0 Å². The van der Waals surface area contributed by atoms with Crippen molar-refractivity contribution in [2.24, 2.45) is 28.4 Å². The minimum atomic E-state index is 0.373. The van der Waals surface area contributed by atoms with Gasteiger partial charge in [0, 0.05) is 12.6 Å². The van der Waals surface area contributed by atoms with Crippen molar-refractivity contribution in [3.05, 3.63) is 0 Å². The molecule has 0 aromatic heterocycles. The second-order valence-electron chi connectivity index (χ2n) is 6.74. The molecule has 2 aliphatic carbocycles. The van der Waals surface area contributed by atoms with Gasteiger partial charge in [-0.05, 0) is 49.6 Å². The average molecular weight is 210 g/mol. The molecule has 0 unspecified atom stereocenters. The van der Waals surface area contributed by atoms with Crippen LogP contribution in [0, 0.1) is 22.7 Å². The third-order valence-corrected chi connectivity index (χ3v) is 5.66. The van der Waals surface area contributed by atoms with Crippen LogP contribution in [0.1, 0.15) is 33.6 Å². The molecule has 0 spiro atoms. The highest BCUT2D eigenvalue weighted by atomic mass is 15.1. The Balaban J connectivity index is 2.26. The van der Waals surface area contributed by atoms with Crippen LogP contribution in [0.3, 0.4) is 0 Å². The van der Waals surface area contributed by atoms with Crippen LogP contribution in [-0.4, -0.2) is 31.6 Å². The van der Waals surface area contributed by atoms with E-state index in [-0.39, 0.29) is 0 Å². The van der Waals surface area contributed by atoms with E-state index in [4.69, 9.17) is 5.73 Å². The van der Waals surface area contributed by atoms with Crippen molar-refractivity contribution >= 4 is 0 Å². The van der Waals surface area contributed by atoms with Gasteiger partial charge in [0.1, 0.15) is 0 Å². The summed E-state index contributed by atoms with van der Waals surface area (Å²) in [7, 11) is 4.32. The molecule has 0 radical (unpaired) electrons. The van der Waals surface area contributed by atoms with Crippen molar-refractivity contribution in [1.29, 1.82) is 0 Å². The van der Waals surface area contributed by atoms with Crippen LogP contribution in [0.15, 0.2) is 0 Å². The van der Waals surface area contributed by atoms with E-state index in [9.17, 15) is 0 Å². The molecule has 15 heavy (non-hydrogen) atoms. The van der Waals surface area contributed by atoms with Gasteiger partial charge in [0.25, 0.3) is 0 Å². The van der Waals surface area contributed by atoms with Gasteiger partial charge in [-0.15, -0.1) is 0 Å². The molecule has 2 aliphatic rings. The SMILES string of the molecule is CN(C)C[C@H]1[C@H]2CC[C@@](C)([C@H]1N)C2(C)C. The van der Waals surface area contributed by atoms with Crippen LogP contribution < -0.4 is 5.73 Å². The summed E-state index contributed by atoms with van der Waals surface area (Å²) in [5, 5.41) is 0. The molecule has 0 aromatic carbocycles. The number of hydrogen-bond donors (Lipinski definition) is 1. The monoisotopic (exact) mass is 210 g/mol. The van der Waals surface area contributed by atoms with Crippen LogP contribution in [0.2, 0.25) is 0 Å². The lowest BCUT2D eigenvalue weighted by Gasteiger charge is -2.38. The summed E-state index contributed by atoms with van der Waals surface area (Å²) in [4.78, 5) is 2.30. The van der Waals surface area contributed by atoms with Gasteiger partial charge in [-0.2, -0.15) is 0 Å². The highest BCUT2D eigenvalue weighted by molar-refractivity contribution is 5.16. The zero-order chi connectivity index (χ0) is 11.4.